The minimum Gasteiger partial charge on any atom is -0.367 e. The van der Waals surface area contributed by atoms with E-state index in [0.29, 0.717) is 0 Å². The number of hydrogen-bond acceptors (Lipinski definition) is 3. The van der Waals surface area contributed by atoms with Gasteiger partial charge in [0.25, 0.3) is 0 Å². The zero-order chi connectivity index (χ0) is 25.8. The van der Waals surface area contributed by atoms with Crippen LogP contribution in [-0.4, -0.2) is 18.3 Å². The van der Waals surface area contributed by atoms with Crippen molar-refractivity contribution in [2.45, 2.75) is 11.7 Å². The average Bonchev–Trinajstić information content (AvgIpc) is 2.89. The number of carbonyl (C=O) groups excluding carboxylic acids is 1. The number of carbonyl (C=O) groups is 1. The number of benzene rings is 4. The van der Waals surface area contributed by atoms with E-state index in [9.17, 15) is 22.4 Å². The molecule has 0 radical (unpaired) electrons. The zero-order valence-corrected chi connectivity index (χ0v) is 18.8. The first-order chi connectivity index (χ1) is 17.3. The Morgan fingerprint density at radius 2 is 1.17 bits per heavy atom. The second kappa shape index (κ2) is 10.0. The molecular formula is C28H21F4N3O. The Balaban J connectivity index is 1.96. The van der Waals surface area contributed by atoms with Crippen molar-refractivity contribution in [2.24, 2.45) is 0 Å². The molecule has 0 aliphatic heterocycles. The van der Waals surface area contributed by atoms with E-state index >= 15 is 0 Å². The molecule has 0 heterocycles. The normalized spacial score (nSPS) is 11.6. The van der Waals surface area contributed by atoms with Crippen LogP contribution in [0.1, 0.15) is 22.3 Å². The van der Waals surface area contributed by atoms with Crippen molar-refractivity contribution < 1.29 is 22.4 Å². The molecule has 0 unspecified atom stereocenters. The summed E-state index contributed by atoms with van der Waals surface area (Å²) in [6.45, 7) is 0. The third-order valence-electron chi connectivity index (χ3n) is 5.74. The largest absolute Gasteiger partial charge is 0.471 e. The summed E-state index contributed by atoms with van der Waals surface area (Å²) in [5.74, 6) is -3.39. The van der Waals surface area contributed by atoms with Crippen LogP contribution in [0.15, 0.2) is 103 Å². The van der Waals surface area contributed by atoms with Gasteiger partial charge in [0.05, 0.1) is 5.69 Å². The van der Waals surface area contributed by atoms with Crippen molar-refractivity contribution in [2.75, 3.05) is 10.6 Å². The third kappa shape index (κ3) is 4.84. The molecule has 4 aromatic carbocycles. The van der Waals surface area contributed by atoms with Gasteiger partial charge in [0.2, 0.25) is 0 Å². The first kappa shape index (κ1) is 24.7. The van der Waals surface area contributed by atoms with Crippen LogP contribution in [0.2, 0.25) is 0 Å². The number of alkyl halides is 3. The number of anilines is 2. The fourth-order valence-electron chi connectivity index (χ4n) is 4.09. The summed E-state index contributed by atoms with van der Waals surface area (Å²) in [5, 5.41) is 12.8. The number of halogens is 4. The van der Waals surface area contributed by atoms with E-state index in [2.05, 4.69) is 5.32 Å². The van der Waals surface area contributed by atoms with Gasteiger partial charge in [0, 0.05) is 17.5 Å². The first-order valence-electron chi connectivity index (χ1n) is 10.9. The molecule has 4 aromatic rings. The summed E-state index contributed by atoms with van der Waals surface area (Å²) in [6.07, 6.45) is -4.30. The molecule has 0 aliphatic rings. The molecule has 182 valence electrons. The van der Waals surface area contributed by atoms with E-state index in [1.54, 1.807) is 5.32 Å². The molecule has 0 atom stereocenters. The first-order valence-corrected chi connectivity index (χ1v) is 10.9. The van der Waals surface area contributed by atoms with Gasteiger partial charge >= 0.3 is 12.1 Å². The Kier molecular flexibility index (Phi) is 6.87. The molecule has 0 saturated heterocycles. The van der Waals surface area contributed by atoms with Gasteiger partial charge < -0.3 is 16.0 Å². The highest BCUT2D eigenvalue weighted by Gasteiger charge is 2.40. The van der Waals surface area contributed by atoms with Crippen LogP contribution < -0.4 is 10.6 Å². The summed E-state index contributed by atoms with van der Waals surface area (Å²) in [6, 6.07) is 30.1. The van der Waals surface area contributed by atoms with Gasteiger partial charge in [-0.2, -0.15) is 13.2 Å². The smallest absolute Gasteiger partial charge is 0.367 e. The van der Waals surface area contributed by atoms with Crippen molar-refractivity contribution in [3.63, 3.8) is 0 Å². The maximum Gasteiger partial charge on any atom is 0.471 e. The highest BCUT2D eigenvalue weighted by atomic mass is 19.4. The Hall–Kier alpha value is -4.46. The van der Waals surface area contributed by atoms with Gasteiger partial charge in [-0.3, -0.25) is 4.79 Å². The van der Waals surface area contributed by atoms with E-state index < -0.39 is 29.1 Å². The number of hydrogen-bond donors (Lipinski definition) is 3. The Bertz CT molecular complexity index is 1260. The molecule has 1 amide bonds. The van der Waals surface area contributed by atoms with E-state index in [0.717, 1.165) is 35.0 Å². The lowest BCUT2D eigenvalue weighted by Crippen LogP contribution is -2.38. The van der Waals surface area contributed by atoms with Crippen LogP contribution >= 0.6 is 0 Å². The Morgan fingerprint density at radius 3 is 1.56 bits per heavy atom. The van der Waals surface area contributed by atoms with Gasteiger partial charge in [0.1, 0.15) is 11.4 Å². The molecule has 0 spiro atoms. The molecule has 36 heavy (non-hydrogen) atoms. The van der Waals surface area contributed by atoms with Gasteiger partial charge in [-0.1, -0.05) is 91.0 Å². The van der Waals surface area contributed by atoms with Crippen molar-refractivity contribution in [3.05, 3.63) is 131 Å². The Morgan fingerprint density at radius 1 is 0.722 bits per heavy atom. The van der Waals surface area contributed by atoms with E-state index in [1.165, 1.54) is 0 Å². The minimum atomic E-state index is -5.19. The summed E-state index contributed by atoms with van der Waals surface area (Å²) in [7, 11) is 0. The van der Waals surface area contributed by atoms with Crippen LogP contribution in [-0.2, 0) is 10.3 Å². The molecule has 4 rings (SSSR count). The molecule has 0 aliphatic carbocycles. The second-order valence-corrected chi connectivity index (χ2v) is 7.99. The van der Waals surface area contributed by atoms with Crippen LogP contribution in [0.4, 0.5) is 28.9 Å². The topological polar surface area (TPSA) is 65.0 Å². The fourth-order valence-corrected chi connectivity index (χ4v) is 4.09. The van der Waals surface area contributed by atoms with Crippen molar-refractivity contribution >= 4 is 23.5 Å². The van der Waals surface area contributed by atoms with Crippen molar-refractivity contribution in [1.82, 2.24) is 0 Å². The van der Waals surface area contributed by atoms with Crippen LogP contribution in [0.25, 0.3) is 0 Å². The van der Waals surface area contributed by atoms with Crippen molar-refractivity contribution in [3.8, 4) is 0 Å². The lowest BCUT2D eigenvalue weighted by Gasteiger charge is -2.38. The summed E-state index contributed by atoms with van der Waals surface area (Å²) >= 11 is 0. The lowest BCUT2D eigenvalue weighted by atomic mass is 9.76. The summed E-state index contributed by atoms with van der Waals surface area (Å²) < 4.78 is 53.2. The SMILES string of the molecule is N=Cc1cc(F)c(NC(=O)C(F)(F)F)cc1NC(c1ccccc1)(c1ccccc1)c1ccccc1. The predicted molar refractivity (Wildman–Crippen MR) is 132 cm³/mol. The van der Waals surface area contributed by atoms with E-state index in [4.69, 9.17) is 5.41 Å². The van der Waals surface area contributed by atoms with Gasteiger partial charge in [-0.15, -0.1) is 0 Å². The minimum absolute atomic E-state index is 0.0877. The maximum atomic E-state index is 14.7. The Labute approximate surface area is 205 Å². The molecule has 3 N–H and O–H groups in total. The summed E-state index contributed by atoms with van der Waals surface area (Å²) in [4.78, 5) is 11.5. The lowest BCUT2D eigenvalue weighted by molar-refractivity contribution is -0.167. The van der Waals surface area contributed by atoms with E-state index in [1.807, 2.05) is 91.0 Å². The van der Waals surface area contributed by atoms with Crippen LogP contribution in [0.5, 0.6) is 0 Å². The fraction of sp³-hybridized carbons (Fsp3) is 0.0714. The molecule has 4 nitrogen and oxygen atoms in total. The molecule has 0 saturated carbocycles. The molecule has 0 fully saturated rings. The zero-order valence-electron chi connectivity index (χ0n) is 18.8. The van der Waals surface area contributed by atoms with Crippen LogP contribution in [0, 0.1) is 11.2 Å². The number of rotatable bonds is 7. The molecule has 8 heteroatoms. The van der Waals surface area contributed by atoms with Gasteiger partial charge in [-0.05, 0) is 28.8 Å². The van der Waals surface area contributed by atoms with E-state index in [-0.39, 0.29) is 11.3 Å². The highest BCUT2D eigenvalue weighted by Crippen LogP contribution is 2.41. The molecule has 0 aromatic heterocycles. The average molecular weight is 491 g/mol. The van der Waals surface area contributed by atoms with Gasteiger partial charge in [0.15, 0.2) is 0 Å². The summed E-state index contributed by atoms with van der Waals surface area (Å²) in [5.41, 5.74) is 0.888. The molecular weight excluding hydrogens is 470 g/mol. The standard InChI is InChI=1S/C28H21F4N3O/c29-23-16-19(18-33)24(17-25(23)34-26(36)28(30,31)32)35-27(20-10-4-1-5-11-20,21-12-6-2-7-13-21)22-14-8-3-9-15-22/h1-18,33,35H,(H,34,36). The third-order valence-corrected chi connectivity index (χ3v) is 5.74. The highest BCUT2D eigenvalue weighted by molar-refractivity contribution is 5.97. The predicted octanol–water partition coefficient (Wildman–Crippen LogP) is 6.73. The monoisotopic (exact) mass is 491 g/mol. The van der Waals surface area contributed by atoms with Gasteiger partial charge in [-0.25, -0.2) is 4.39 Å². The second-order valence-electron chi connectivity index (χ2n) is 7.99. The maximum absolute atomic E-state index is 14.7. The van der Waals surface area contributed by atoms with Crippen molar-refractivity contribution in [1.29, 1.82) is 5.41 Å². The molecule has 0 bridgehead atoms. The van der Waals surface area contributed by atoms with Crippen LogP contribution in [0.3, 0.4) is 0 Å². The number of nitrogens with one attached hydrogen (secondary N) is 3. The quantitative estimate of drug-likeness (QED) is 0.153. The number of amides is 1.